The van der Waals surface area contributed by atoms with Crippen LogP contribution in [0.15, 0.2) is 24.3 Å². The Bertz CT molecular complexity index is 1040. The molecule has 0 amide bonds. The monoisotopic (exact) mass is 602 g/mol. The molecular formula is C33H58N6O4. The Balaban J connectivity index is 2.49. The molecule has 0 aromatic heterocycles. The predicted molar refractivity (Wildman–Crippen MR) is 176 cm³/mol. The molecule has 0 unspecified atom stereocenters. The molecule has 0 atom stereocenters. The first-order valence-corrected chi connectivity index (χ1v) is 15.0. The van der Waals surface area contributed by atoms with Gasteiger partial charge in [0.15, 0.2) is 0 Å². The van der Waals surface area contributed by atoms with Crippen LogP contribution in [-0.2, 0) is 41.1 Å². The number of nitrogens with zero attached hydrogens (tertiary/aromatic N) is 4. The number of nitrogens with two attached hydrogens (primary N) is 2. The number of benzene rings is 2. The molecule has 0 heterocycles. The molecule has 2 aromatic rings. The molecule has 0 bridgehead atoms. The highest BCUT2D eigenvalue weighted by molar-refractivity contribution is 5.53. The molecule has 0 aliphatic heterocycles. The van der Waals surface area contributed by atoms with Gasteiger partial charge in [0.25, 0.3) is 0 Å². The van der Waals surface area contributed by atoms with Crippen molar-refractivity contribution in [2.75, 3.05) is 96.3 Å². The average Bonchev–Trinajstić information content (AvgIpc) is 2.92. The first-order valence-electron chi connectivity index (χ1n) is 15.0. The summed E-state index contributed by atoms with van der Waals surface area (Å²) < 4.78 is 24.0. The van der Waals surface area contributed by atoms with Crippen molar-refractivity contribution in [3.63, 3.8) is 0 Å². The first-order chi connectivity index (χ1) is 20.3. The average molecular weight is 603 g/mol. The minimum Gasteiger partial charge on any atom is -0.491 e. The van der Waals surface area contributed by atoms with Crippen LogP contribution in [0.4, 0.5) is 0 Å². The van der Waals surface area contributed by atoms with Crippen LogP contribution in [-0.4, -0.2) is 116 Å². The lowest BCUT2D eigenvalue weighted by Gasteiger charge is -2.31. The third-order valence-corrected chi connectivity index (χ3v) is 6.99. The Hall–Kier alpha value is -2.28. The van der Waals surface area contributed by atoms with Crippen LogP contribution in [0, 0.1) is 0 Å². The molecule has 2 aromatic carbocycles. The molecule has 0 aliphatic carbocycles. The van der Waals surface area contributed by atoms with E-state index in [0.29, 0.717) is 53.0 Å². The highest BCUT2D eigenvalue weighted by atomic mass is 16.5. The molecule has 2 rings (SSSR count). The minimum atomic E-state index is -0.337. The zero-order chi connectivity index (χ0) is 32.2. The Labute approximate surface area is 260 Å². The van der Waals surface area contributed by atoms with Crippen molar-refractivity contribution < 1.29 is 18.9 Å². The van der Waals surface area contributed by atoms with Gasteiger partial charge < -0.3 is 40.2 Å². The molecule has 0 aliphatic rings. The topological polar surface area (TPSA) is 102 Å². The number of hydrogen-bond donors (Lipinski definition) is 2. The van der Waals surface area contributed by atoms with Crippen molar-refractivity contribution in [2.24, 2.45) is 11.5 Å². The van der Waals surface area contributed by atoms with Crippen LogP contribution in [0.5, 0.6) is 11.5 Å². The molecule has 0 radical (unpaired) electrons. The standard InChI is InChI=1S/C33H58N6O4/c1-33(2,29-15-25(19-34)31(27(17-29)21-36(3)4)42-13-11-40-23-38(7)8)30-16-26(20-35)32(28(18-30)22-37(5)6)43-14-12-41-24-39(9)10/h15-18H,11-14,19-24,34-35H2,1-10H3. The Morgan fingerprint density at radius 2 is 0.884 bits per heavy atom. The molecule has 0 fully saturated rings. The van der Waals surface area contributed by atoms with E-state index in [4.69, 9.17) is 30.4 Å². The second-order valence-corrected chi connectivity index (χ2v) is 12.7. The summed E-state index contributed by atoms with van der Waals surface area (Å²) in [7, 11) is 16.2. The Morgan fingerprint density at radius 1 is 0.535 bits per heavy atom. The molecule has 10 heteroatoms. The summed E-state index contributed by atoms with van der Waals surface area (Å²) in [6.45, 7) is 9.75. The van der Waals surface area contributed by atoms with Crippen molar-refractivity contribution in [3.05, 3.63) is 57.6 Å². The lowest BCUT2D eigenvalue weighted by atomic mass is 9.75. The second-order valence-electron chi connectivity index (χ2n) is 12.7. The van der Waals surface area contributed by atoms with Crippen LogP contribution in [0.3, 0.4) is 0 Å². The second kappa shape index (κ2) is 17.9. The van der Waals surface area contributed by atoms with Crippen LogP contribution < -0.4 is 20.9 Å². The van der Waals surface area contributed by atoms with Crippen molar-refractivity contribution in [1.82, 2.24) is 19.6 Å². The van der Waals surface area contributed by atoms with Crippen LogP contribution >= 0.6 is 0 Å². The third-order valence-electron chi connectivity index (χ3n) is 6.99. The smallest absolute Gasteiger partial charge is 0.128 e. The summed E-state index contributed by atoms with van der Waals surface area (Å²) in [4.78, 5) is 8.27. The molecule has 10 nitrogen and oxygen atoms in total. The third kappa shape index (κ3) is 11.6. The van der Waals surface area contributed by atoms with E-state index in [1.807, 2.05) is 38.0 Å². The summed E-state index contributed by atoms with van der Waals surface area (Å²) >= 11 is 0. The molecule has 43 heavy (non-hydrogen) atoms. The molecule has 0 saturated heterocycles. The van der Waals surface area contributed by atoms with Gasteiger partial charge in [0.1, 0.15) is 24.7 Å². The van der Waals surface area contributed by atoms with Gasteiger partial charge in [-0.1, -0.05) is 13.8 Å². The summed E-state index contributed by atoms with van der Waals surface area (Å²) in [6.07, 6.45) is 0. The van der Waals surface area contributed by atoms with E-state index in [2.05, 4.69) is 76.1 Å². The summed E-state index contributed by atoms with van der Waals surface area (Å²) in [5.74, 6) is 1.70. The lowest BCUT2D eigenvalue weighted by molar-refractivity contribution is 0.0380. The molecule has 4 N–H and O–H groups in total. The number of ether oxygens (including phenoxy) is 4. The van der Waals surface area contributed by atoms with E-state index in [1.54, 1.807) is 0 Å². The van der Waals surface area contributed by atoms with Gasteiger partial charge in [-0.2, -0.15) is 0 Å². The van der Waals surface area contributed by atoms with Gasteiger partial charge in [-0.15, -0.1) is 0 Å². The quantitative estimate of drug-likeness (QED) is 0.174. The van der Waals surface area contributed by atoms with E-state index < -0.39 is 0 Å². The molecule has 244 valence electrons. The van der Waals surface area contributed by atoms with Gasteiger partial charge >= 0.3 is 0 Å². The van der Waals surface area contributed by atoms with Crippen molar-refractivity contribution in [3.8, 4) is 11.5 Å². The molecular weight excluding hydrogens is 544 g/mol. The van der Waals surface area contributed by atoms with Crippen LogP contribution in [0.25, 0.3) is 0 Å². The normalized spacial score (nSPS) is 12.3. The zero-order valence-corrected chi connectivity index (χ0v) is 28.5. The van der Waals surface area contributed by atoms with E-state index >= 15 is 0 Å². The number of rotatable bonds is 20. The van der Waals surface area contributed by atoms with Gasteiger partial charge in [-0.3, -0.25) is 9.80 Å². The van der Waals surface area contributed by atoms with Gasteiger partial charge in [-0.25, -0.2) is 0 Å². The minimum absolute atomic E-state index is 0.337. The van der Waals surface area contributed by atoms with E-state index in [-0.39, 0.29) is 5.41 Å². The fraction of sp³-hybridized carbons (Fsp3) is 0.636. The Morgan fingerprint density at radius 3 is 1.19 bits per heavy atom. The van der Waals surface area contributed by atoms with Crippen LogP contribution in [0.2, 0.25) is 0 Å². The predicted octanol–water partition coefficient (Wildman–Crippen LogP) is 2.88. The van der Waals surface area contributed by atoms with E-state index in [9.17, 15) is 0 Å². The molecule has 0 saturated carbocycles. The maximum Gasteiger partial charge on any atom is 0.128 e. The maximum absolute atomic E-state index is 6.32. The maximum atomic E-state index is 6.32. The van der Waals surface area contributed by atoms with Gasteiger partial charge in [0.05, 0.1) is 26.7 Å². The van der Waals surface area contributed by atoms with Crippen molar-refractivity contribution in [1.29, 1.82) is 0 Å². The Kier molecular flexibility index (Phi) is 15.3. The molecule has 0 spiro atoms. The van der Waals surface area contributed by atoms with Gasteiger partial charge in [-0.05, 0) is 91.8 Å². The van der Waals surface area contributed by atoms with Gasteiger partial charge in [0.2, 0.25) is 0 Å². The van der Waals surface area contributed by atoms with E-state index in [1.165, 1.54) is 11.1 Å². The zero-order valence-electron chi connectivity index (χ0n) is 28.5. The highest BCUT2D eigenvalue weighted by Gasteiger charge is 2.28. The fourth-order valence-corrected chi connectivity index (χ4v) is 4.89. The summed E-state index contributed by atoms with van der Waals surface area (Å²) in [5, 5.41) is 0. The largest absolute Gasteiger partial charge is 0.491 e. The fourth-order valence-electron chi connectivity index (χ4n) is 4.89. The summed E-state index contributed by atoms with van der Waals surface area (Å²) in [6, 6.07) is 8.90. The van der Waals surface area contributed by atoms with Crippen molar-refractivity contribution in [2.45, 2.75) is 45.4 Å². The highest BCUT2D eigenvalue weighted by Crippen LogP contribution is 2.39. The SMILES string of the molecule is CN(C)COCCOc1c(CN)cc(C(C)(C)c2cc(CN)c(OCCOCN(C)C)c(CN(C)C)c2)cc1CN(C)C. The summed E-state index contributed by atoms with van der Waals surface area (Å²) in [5.41, 5.74) is 18.8. The first kappa shape index (κ1) is 36.9. The van der Waals surface area contributed by atoms with E-state index in [0.717, 1.165) is 46.8 Å². The van der Waals surface area contributed by atoms with Crippen molar-refractivity contribution >= 4 is 0 Å². The van der Waals surface area contributed by atoms with Crippen LogP contribution in [0.1, 0.15) is 47.2 Å². The lowest BCUT2D eigenvalue weighted by Crippen LogP contribution is -2.24. The van der Waals surface area contributed by atoms with Gasteiger partial charge in [0, 0.05) is 53.8 Å². The number of hydrogen-bond acceptors (Lipinski definition) is 10.